The molecule has 0 saturated carbocycles. The lowest BCUT2D eigenvalue weighted by atomic mass is 10.1. The maximum atomic E-state index is 12.6. The van der Waals surface area contributed by atoms with Gasteiger partial charge < -0.3 is 19.7 Å². The van der Waals surface area contributed by atoms with Crippen LogP contribution < -0.4 is 14.8 Å². The maximum Gasteiger partial charge on any atom is 0.262 e. The van der Waals surface area contributed by atoms with Crippen molar-refractivity contribution in [3.05, 3.63) is 53.6 Å². The number of aryl methyl sites for hydroxylation is 1. The van der Waals surface area contributed by atoms with Crippen LogP contribution in [0.15, 0.2) is 42.5 Å². The molecule has 2 aromatic carbocycles. The fourth-order valence-corrected chi connectivity index (χ4v) is 2.97. The number of nitrogens with zero attached hydrogens (tertiary/aromatic N) is 1. The van der Waals surface area contributed by atoms with Crippen molar-refractivity contribution in [2.45, 2.75) is 33.6 Å². The van der Waals surface area contributed by atoms with Crippen LogP contribution >= 0.6 is 0 Å². The highest BCUT2D eigenvalue weighted by Gasteiger charge is 2.14. The van der Waals surface area contributed by atoms with Gasteiger partial charge in [-0.25, -0.2) is 0 Å². The predicted octanol–water partition coefficient (Wildman–Crippen LogP) is 4.28. The van der Waals surface area contributed by atoms with E-state index in [-0.39, 0.29) is 18.4 Å². The summed E-state index contributed by atoms with van der Waals surface area (Å²) in [7, 11) is 1.56. The summed E-state index contributed by atoms with van der Waals surface area (Å²) in [5, 5.41) is 2.78. The summed E-state index contributed by atoms with van der Waals surface area (Å²) in [6.07, 6.45) is 1.84. The first-order valence-corrected chi connectivity index (χ1v) is 9.95. The van der Waals surface area contributed by atoms with Gasteiger partial charge in [-0.2, -0.15) is 0 Å². The van der Waals surface area contributed by atoms with E-state index in [1.165, 1.54) is 0 Å². The van der Waals surface area contributed by atoms with Gasteiger partial charge in [0.15, 0.2) is 18.1 Å². The van der Waals surface area contributed by atoms with E-state index in [0.29, 0.717) is 22.7 Å². The van der Waals surface area contributed by atoms with Gasteiger partial charge in [-0.1, -0.05) is 19.9 Å². The molecule has 2 amide bonds. The first-order chi connectivity index (χ1) is 14.0. The second-order valence-electron chi connectivity index (χ2n) is 6.86. The van der Waals surface area contributed by atoms with Crippen molar-refractivity contribution in [3.8, 4) is 11.5 Å². The first-order valence-electron chi connectivity index (χ1n) is 9.95. The third-order valence-electron chi connectivity index (χ3n) is 4.37. The van der Waals surface area contributed by atoms with Gasteiger partial charge in [0.25, 0.3) is 11.8 Å². The van der Waals surface area contributed by atoms with Gasteiger partial charge in [-0.15, -0.1) is 0 Å². The average molecular weight is 399 g/mol. The first kappa shape index (κ1) is 22.3. The quantitative estimate of drug-likeness (QED) is 0.648. The third kappa shape index (κ3) is 6.52. The number of amides is 2. The summed E-state index contributed by atoms with van der Waals surface area (Å²) in [4.78, 5) is 26.7. The monoisotopic (exact) mass is 398 g/mol. The van der Waals surface area contributed by atoms with Crippen LogP contribution in [0.2, 0.25) is 0 Å². The number of hydrogen-bond donors (Lipinski definition) is 1. The molecule has 1 N–H and O–H groups in total. The highest BCUT2D eigenvalue weighted by molar-refractivity contribution is 5.96. The summed E-state index contributed by atoms with van der Waals surface area (Å²) < 4.78 is 10.8. The molecule has 0 radical (unpaired) electrons. The molecule has 6 nitrogen and oxygen atoms in total. The number of carbonyl (C=O) groups excluding carboxylic acids is 2. The van der Waals surface area contributed by atoms with Crippen LogP contribution in [0.3, 0.4) is 0 Å². The third-order valence-corrected chi connectivity index (χ3v) is 4.37. The van der Waals surface area contributed by atoms with Crippen LogP contribution in [-0.4, -0.2) is 43.5 Å². The Labute approximate surface area is 172 Å². The van der Waals surface area contributed by atoms with E-state index in [4.69, 9.17) is 9.47 Å². The van der Waals surface area contributed by atoms with E-state index in [1.54, 1.807) is 37.4 Å². The Morgan fingerprint density at radius 1 is 0.966 bits per heavy atom. The molecule has 6 heteroatoms. The molecule has 0 heterocycles. The minimum absolute atomic E-state index is 0.0152. The molecule has 0 spiro atoms. The average Bonchev–Trinajstić information content (AvgIpc) is 2.72. The van der Waals surface area contributed by atoms with E-state index in [1.807, 2.05) is 24.0 Å². The van der Waals surface area contributed by atoms with Crippen LogP contribution in [0.5, 0.6) is 11.5 Å². The van der Waals surface area contributed by atoms with Crippen molar-refractivity contribution < 1.29 is 19.1 Å². The normalized spacial score (nSPS) is 10.3. The zero-order valence-electron chi connectivity index (χ0n) is 17.7. The zero-order valence-corrected chi connectivity index (χ0v) is 17.7. The highest BCUT2D eigenvalue weighted by Crippen LogP contribution is 2.27. The van der Waals surface area contributed by atoms with Gasteiger partial charge >= 0.3 is 0 Å². The number of ether oxygens (including phenoxy) is 2. The van der Waals surface area contributed by atoms with Crippen LogP contribution in [0.1, 0.15) is 42.6 Å². The van der Waals surface area contributed by atoms with Crippen molar-refractivity contribution >= 4 is 17.5 Å². The van der Waals surface area contributed by atoms with Gasteiger partial charge in [-0.3, -0.25) is 9.59 Å². The van der Waals surface area contributed by atoms with Gasteiger partial charge in [0, 0.05) is 24.3 Å². The number of methoxy groups -OCH3 is 1. The molecule has 0 aromatic heterocycles. The molecule has 0 aliphatic rings. The molecule has 29 heavy (non-hydrogen) atoms. The van der Waals surface area contributed by atoms with E-state index < -0.39 is 0 Å². The van der Waals surface area contributed by atoms with Gasteiger partial charge in [0.2, 0.25) is 0 Å². The SMILES string of the molecule is CCCN(CCC)C(=O)c1ccc(NC(=O)COc2ccc(C)cc2OC)cc1. The van der Waals surface area contributed by atoms with Gasteiger partial charge in [0.1, 0.15) is 0 Å². The van der Waals surface area contributed by atoms with Crippen molar-refractivity contribution in [2.75, 3.05) is 32.1 Å². The maximum absolute atomic E-state index is 12.6. The van der Waals surface area contributed by atoms with Crippen molar-refractivity contribution in [2.24, 2.45) is 0 Å². The summed E-state index contributed by atoms with van der Waals surface area (Å²) in [5.74, 6) is 0.831. The molecule has 0 aliphatic heterocycles. The van der Waals surface area contributed by atoms with E-state index >= 15 is 0 Å². The summed E-state index contributed by atoms with van der Waals surface area (Å²) in [6, 6.07) is 12.5. The van der Waals surface area contributed by atoms with E-state index in [2.05, 4.69) is 19.2 Å². The minimum Gasteiger partial charge on any atom is -0.493 e. The summed E-state index contributed by atoms with van der Waals surface area (Å²) in [5.41, 5.74) is 2.28. The molecular weight excluding hydrogens is 368 g/mol. The van der Waals surface area contributed by atoms with Crippen LogP contribution in [-0.2, 0) is 4.79 Å². The number of anilines is 1. The Bertz CT molecular complexity index is 812. The number of rotatable bonds is 10. The predicted molar refractivity (Wildman–Crippen MR) is 115 cm³/mol. The molecule has 0 atom stereocenters. The highest BCUT2D eigenvalue weighted by atomic mass is 16.5. The second kappa shape index (κ2) is 11.1. The Hall–Kier alpha value is -3.02. The molecule has 0 aliphatic carbocycles. The number of nitrogens with one attached hydrogen (secondary N) is 1. The standard InChI is InChI=1S/C23H30N2O4/c1-5-13-25(14-6-2)23(27)18-8-10-19(11-9-18)24-22(26)16-29-20-12-7-17(3)15-21(20)28-4/h7-12,15H,5-6,13-14,16H2,1-4H3,(H,24,26). The molecule has 0 saturated heterocycles. The van der Waals surface area contributed by atoms with E-state index in [0.717, 1.165) is 31.5 Å². The molecule has 0 bridgehead atoms. The molecule has 0 fully saturated rings. The Morgan fingerprint density at radius 2 is 1.62 bits per heavy atom. The van der Waals surface area contributed by atoms with Crippen molar-refractivity contribution in [3.63, 3.8) is 0 Å². The van der Waals surface area contributed by atoms with Crippen LogP contribution in [0, 0.1) is 6.92 Å². The number of benzene rings is 2. The zero-order chi connectivity index (χ0) is 21.2. The molecule has 156 valence electrons. The fourth-order valence-electron chi connectivity index (χ4n) is 2.97. The lowest BCUT2D eigenvalue weighted by Crippen LogP contribution is -2.32. The van der Waals surface area contributed by atoms with Crippen molar-refractivity contribution in [1.82, 2.24) is 4.90 Å². The molecule has 2 aromatic rings. The fraction of sp³-hybridized carbons (Fsp3) is 0.391. The summed E-state index contributed by atoms with van der Waals surface area (Å²) >= 11 is 0. The summed E-state index contributed by atoms with van der Waals surface area (Å²) in [6.45, 7) is 7.42. The minimum atomic E-state index is -0.287. The Balaban J connectivity index is 1.93. The topological polar surface area (TPSA) is 67.9 Å². The van der Waals surface area contributed by atoms with Crippen LogP contribution in [0.25, 0.3) is 0 Å². The number of carbonyl (C=O) groups is 2. The molecule has 2 rings (SSSR count). The Kier molecular flexibility index (Phi) is 8.52. The van der Waals surface area contributed by atoms with Gasteiger partial charge in [0.05, 0.1) is 7.11 Å². The lowest BCUT2D eigenvalue weighted by molar-refractivity contribution is -0.118. The largest absolute Gasteiger partial charge is 0.493 e. The lowest BCUT2D eigenvalue weighted by Gasteiger charge is -2.21. The number of hydrogen-bond acceptors (Lipinski definition) is 4. The van der Waals surface area contributed by atoms with Crippen molar-refractivity contribution in [1.29, 1.82) is 0 Å². The van der Waals surface area contributed by atoms with Crippen LogP contribution in [0.4, 0.5) is 5.69 Å². The van der Waals surface area contributed by atoms with Gasteiger partial charge in [-0.05, 0) is 61.7 Å². The molecular formula is C23H30N2O4. The Morgan fingerprint density at radius 3 is 2.21 bits per heavy atom. The van der Waals surface area contributed by atoms with E-state index in [9.17, 15) is 9.59 Å². The molecule has 0 unspecified atom stereocenters. The smallest absolute Gasteiger partial charge is 0.262 e. The second-order valence-corrected chi connectivity index (χ2v) is 6.86.